The first-order chi connectivity index (χ1) is 33.2. The number of hydrogen-bond acceptors (Lipinski definition) is 16. The van der Waals surface area contributed by atoms with Crippen LogP contribution in [0.3, 0.4) is 0 Å². The van der Waals surface area contributed by atoms with E-state index in [1.54, 1.807) is 27.7 Å². The second kappa shape index (κ2) is 31.2. The lowest BCUT2D eigenvalue weighted by molar-refractivity contribution is -0.141. The summed E-state index contributed by atoms with van der Waals surface area (Å²) in [6, 6.07) is -14.2. The van der Waals surface area contributed by atoms with Gasteiger partial charge in [-0.05, 0) is 44.4 Å². The van der Waals surface area contributed by atoms with Crippen LogP contribution in [0.15, 0.2) is 12.5 Å². The van der Waals surface area contributed by atoms with Crippen molar-refractivity contribution in [3.05, 3.63) is 18.2 Å². The second-order valence-electron chi connectivity index (χ2n) is 17.0. The number of carbonyl (C=O) groups excluding carboxylic acids is 10. The van der Waals surface area contributed by atoms with E-state index in [9.17, 15) is 72.9 Å². The highest BCUT2D eigenvalue weighted by Crippen LogP contribution is 2.10. The van der Waals surface area contributed by atoms with Crippen LogP contribution in [-0.2, 0) is 59.2 Å². The molecular weight excluding hydrogens is 961 g/mol. The van der Waals surface area contributed by atoms with E-state index in [4.69, 9.17) is 17.2 Å². The molecule has 1 rings (SSSR count). The molecular formula is C41H68N14O15S. The lowest BCUT2D eigenvalue weighted by Crippen LogP contribution is -2.61. The zero-order chi connectivity index (χ0) is 54.1. The lowest BCUT2D eigenvalue weighted by atomic mass is 9.99. The third-order valence-corrected chi connectivity index (χ3v) is 10.8. The summed E-state index contributed by atoms with van der Waals surface area (Å²) in [6.07, 6.45) is -0.246. The fourth-order valence-corrected chi connectivity index (χ4v) is 6.45. The van der Waals surface area contributed by atoms with Gasteiger partial charge in [-0.3, -0.25) is 47.9 Å². The summed E-state index contributed by atoms with van der Waals surface area (Å²) < 4.78 is 0. The van der Waals surface area contributed by atoms with E-state index in [2.05, 4.69) is 70.4 Å². The second-order valence-corrected chi connectivity index (χ2v) is 17.3. The number of aromatic nitrogens is 2. The summed E-state index contributed by atoms with van der Waals surface area (Å²) >= 11 is 3.85. The number of aliphatic hydroxyl groups excluding tert-OH is 1. The molecule has 0 saturated carbocycles. The minimum atomic E-state index is -1.78. The topological polar surface area (TPSA) is 481 Å². The molecule has 1 aromatic rings. The van der Waals surface area contributed by atoms with Crippen molar-refractivity contribution in [1.82, 2.24) is 57.8 Å². The average Bonchev–Trinajstić information content (AvgIpc) is 3.81. The molecule has 0 radical (unpaired) electrons. The zero-order valence-electron chi connectivity index (χ0n) is 39.9. The number of carboxylic acid groups (broad SMARTS) is 2. The number of nitrogens with two attached hydrogens (primary N) is 3. The number of carbonyl (C=O) groups is 12. The first-order valence-electron chi connectivity index (χ1n) is 22.4. The predicted octanol–water partition coefficient (Wildman–Crippen LogP) is -5.92. The van der Waals surface area contributed by atoms with Crippen LogP contribution in [0.5, 0.6) is 0 Å². The van der Waals surface area contributed by atoms with Crippen molar-refractivity contribution in [1.29, 1.82) is 0 Å². The number of rotatable bonds is 33. The van der Waals surface area contributed by atoms with Crippen molar-refractivity contribution in [2.75, 3.05) is 18.9 Å². The molecule has 1 heterocycles. The molecule has 11 amide bonds. The highest BCUT2D eigenvalue weighted by atomic mass is 32.1. The summed E-state index contributed by atoms with van der Waals surface area (Å²) in [4.78, 5) is 161. The Morgan fingerprint density at radius 2 is 1.11 bits per heavy atom. The SMILES string of the molecule is CC(C)[C@H](N)C(=O)N[C@H](C(=O)N[C@@H](CCC(=O)O)C(=O)N[C@@H](CCCNC(N)=O)C(=O)N[C@@H](Cc1cnc[nH]1)C(=O)N[C@@H](CCC(N)=O)C(=O)N[C@@H](CO)C(=O)N[C@@H](C)C(=O)N[C@@H](CS)C(=O)O)C(C)C. The Kier molecular flexibility index (Phi) is 27.2. The van der Waals surface area contributed by atoms with Crippen LogP contribution in [0, 0.1) is 11.8 Å². The fraction of sp³-hybridized carbons (Fsp3) is 0.634. The molecule has 0 unspecified atom stereocenters. The van der Waals surface area contributed by atoms with Gasteiger partial charge < -0.3 is 85.4 Å². The summed E-state index contributed by atoms with van der Waals surface area (Å²) in [7, 11) is 0. The minimum Gasteiger partial charge on any atom is -0.481 e. The molecule has 0 aromatic carbocycles. The zero-order valence-corrected chi connectivity index (χ0v) is 40.8. The number of carboxylic acids is 2. The van der Waals surface area contributed by atoms with E-state index in [-0.39, 0.29) is 43.2 Å². The Morgan fingerprint density at radius 1 is 0.620 bits per heavy atom. The maximum atomic E-state index is 14.2. The van der Waals surface area contributed by atoms with E-state index in [1.165, 1.54) is 19.4 Å². The quantitative estimate of drug-likeness (QED) is 0.0230. The molecule has 0 aliphatic carbocycles. The maximum Gasteiger partial charge on any atom is 0.327 e. The summed E-state index contributed by atoms with van der Waals surface area (Å²) in [5, 5.41) is 49.9. The van der Waals surface area contributed by atoms with Crippen LogP contribution in [0.25, 0.3) is 0 Å². The molecule has 1 aromatic heterocycles. The third-order valence-electron chi connectivity index (χ3n) is 10.4. The number of hydrogen-bond donors (Lipinski definition) is 17. The number of aliphatic carboxylic acids is 2. The maximum absolute atomic E-state index is 14.2. The molecule has 0 aliphatic heterocycles. The van der Waals surface area contributed by atoms with Gasteiger partial charge in [0, 0.05) is 43.5 Å². The van der Waals surface area contributed by atoms with Gasteiger partial charge in [0.15, 0.2) is 0 Å². The number of aliphatic hydroxyl groups is 1. The summed E-state index contributed by atoms with van der Waals surface area (Å²) in [5.41, 5.74) is 16.7. The van der Waals surface area contributed by atoms with Crippen molar-refractivity contribution < 1.29 is 72.9 Å². The molecule has 0 aliphatic rings. The van der Waals surface area contributed by atoms with E-state index in [0.29, 0.717) is 0 Å². The minimum absolute atomic E-state index is 0.0284. The highest BCUT2D eigenvalue weighted by Gasteiger charge is 2.35. The molecule has 0 spiro atoms. The third kappa shape index (κ3) is 22.9. The van der Waals surface area contributed by atoms with Crippen molar-refractivity contribution in [2.24, 2.45) is 29.0 Å². The standard InChI is InChI=1S/C41H68N14O15S/c1-18(2)30(43)38(66)55-31(19(3)4)39(67)51-24(9-11-29(58)59)34(62)49-22(7-6-12-46-41(44)70)33(61)52-25(13-21-14-45-17-47-21)36(64)50-23(8-10-28(42)57)35(63)53-26(15-56)37(65)48-20(5)32(60)54-27(16-71)40(68)69/h14,17-20,22-27,30-31,56,71H,6-13,15-16,43H2,1-5H3,(H2,42,57)(H,45,47)(H,48,65)(H,49,62)(H,50,64)(H,51,67)(H,52,61)(H,53,63)(H,54,60)(H,55,66)(H,58,59)(H,68,69)(H3,44,46,70)/t20-,22-,23-,24-,25-,26-,27-,30-,31-/m0/s1. The Morgan fingerprint density at radius 3 is 1.58 bits per heavy atom. The van der Waals surface area contributed by atoms with Gasteiger partial charge in [-0.1, -0.05) is 27.7 Å². The Labute approximate surface area is 413 Å². The first kappa shape index (κ1) is 61.9. The van der Waals surface area contributed by atoms with Crippen molar-refractivity contribution in [3.63, 3.8) is 0 Å². The number of imidazole rings is 1. The average molecular weight is 1030 g/mol. The molecule has 0 saturated heterocycles. The number of thiol groups is 1. The molecule has 19 N–H and O–H groups in total. The Balaban J connectivity index is 3.54. The first-order valence-corrected chi connectivity index (χ1v) is 23.0. The summed E-state index contributed by atoms with van der Waals surface area (Å²) in [5.74, 6) is -12.8. The van der Waals surface area contributed by atoms with Gasteiger partial charge in [-0.2, -0.15) is 12.6 Å². The smallest absolute Gasteiger partial charge is 0.327 e. The van der Waals surface area contributed by atoms with Gasteiger partial charge in [-0.25, -0.2) is 14.6 Å². The van der Waals surface area contributed by atoms with Crippen LogP contribution in [0.4, 0.5) is 4.79 Å². The van der Waals surface area contributed by atoms with Crippen LogP contribution in [-0.4, -0.2) is 170 Å². The Bertz CT molecular complexity index is 2030. The van der Waals surface area contributed by atoms with Crippen LogP contribution >= 0.6 is 12.6 Å². The fourth-order valence-electron chi connectivity index (χ4n) is 6.20. The summed E-state index contributed by atoms with van der Waals surface area (Å²) in [6.45, 7) is 6.60. The van der Waals surface area contributed by atoms with Gasteiger partial charge in [0.2, 0.25) is 53.2 Å². The molecule has 71 heavy (non-hydrogen) atoms. The van der Waals surface area contributed by atoms with E-state index < -0.39 is 164 Å². The monoisotopic (exact) mass is 1030 g/mol. The van der Waals surface area contributed by atoms with E-state index >= 15 is 0 Å². The van der Waals surface area contributed by atoms with Crippen molar-refractivity contribution >= 4 is 83.8 Å². The molecule has 0 bridgehead atoms. The predicted molar refractivity (Wildman–Crippen MR) is 252 cm³/mol. The highest BCUT2D eigenvalue weighted by molar-refractivity contribution is 7.80. The van der Waals surface area contributed by atoms with Gasteiger partial charge in [0.05, 0.1) is 19.0 Å². The number of aromatic amines is 1. The van der Waals surface area contributed by atoms with Gasteiger partial charge >= 0.3 is 18.0 Å². The van der Waals surface area contributed by atoms with Gasteiger partial charge in [-0.15, -0.1) is 0 Å². The molecule has 9 atom stereocenters. The van der Waals surface area contributed by atoms with Crippen molar-refractivity contribution in [2.45, 2.75) is 134 Å². The van der Waals surface area contributed by atoms with Crippen LogP contribution in [0.1, 0.15) is 78.8 Å². The number of primary amides is 2. The van der Waals surface area contributed by atoms with Crippen molar-refractivity contribution in [3.8, 4) is 0 Å². The van der Waals surface area contributed by atoms with Crippen LogP contribution in [0.2, 0.25) is 0 Å². The molecule has 398 valence electrons. The number of nitrogens with zero attached hydrogens (tertiary/aromatic N) is 1. The number of nitrogens with one attached hydrogen (secondary N) is 10. The van der Waals surface area contributed by atoms with Gasteiger partial charge in [0.1, 0.15) is 48.3 Å². The Hall–Kier alpha value is -7.08. The lowest BCUT2D eigenvalue weighted by Gasteiger charge is -2.28. The molecule has 29 nitrogen and oxygen atoms in total. The van der Waals surface area contributed by atoms with Gasteiger partial charge in [0.25, 0.3) is 0 Å². The number of amides is 11. The van der Waals surface area contributed by atoms with Crippen LogP contribution < -0.4 is 65.1 Å². The number of urea groups is 1. The van der Waals surface area contributed by atoms with E-state index in [1.807, 2.05) is 0 Å². The van der Waals surface area contributed by atoms with E-state index in [0.717, 1.165) is 0 Å². The number of H-pyrrole nitrogens is 1. The molecule has 0 fully saturated rings. The normalized spacial score (nSPS) is 14.8. The largest absolute Gasteiger partial charge is 0.481 e. The molecule has 30 heteroatoms.